The third-order valence-electron chi connectivity index (χ3n) is 6.33. The quantitative estimate of drug-likeness (QED) is 0.662. The number of hydrogen-bond donors (Lipinski definition) is 0. The molecule has 3 aliphatic heterocycles. The van der Waals surface area contributed by atoms with Crippen molar-refractivity contribution < 1.29 is 23.9 Å². The number of fused-ring (bicyclic) bond motifs is 1. The zero-order chi connectivity index (χ0) is 21.3. The predicted octanol–water partition coefficient (Wildman–Crippen LogP) is 0.543. The molecule has 9 heteroatoms. The SMILES string of the molecule is CC[C@H]1[C@@H](C(=O)OC)C[C@H]2CN(C(=O)c3ccc(N4CCOCC4)nc3)CC(=O)N21. The minimum Gasteiger partial charge on any atom is -0.469 e. The van der Waals surface area contributed by atoms with E-state index in [0.717, 1.165) is 18.9 Å². The molecule has 0 bridgehead atoms. The number of carbonyl (C=O) groups is 3. The van der Waals surface area contributed by atoms with Gasteiger partial charge in [-0.25, -0.2) is 4.98 Å². The maximum Gasteiger partial charge on any atom is 0.310 e. The number of methoxy groups -OCH3 is 1. The Morgan fingerprint density at radius 3 is 2.67 bits per heavy atom. The molecule has 30 heavy (non-hydrogen) atoms. The van der Waals surface area contributed by atoms with Crippen LogP contribution in [0.5, 0.6) is 0 Å². The van der Waals surface area contributed by atoms with E-state index in [1.807, 2.05) is 13.0 Å². The zero-order valence-electron chi connectivity index (χ0n) is 17.5. The Morgan fingerprint density at radius 1 is 1.27 bits per heavy atom. The number of morpholine rings is 1. The lowest BCUT2D eigenvalue weighted by Gasteiger charge is -2.39. The van der Waals surface area contributed by atoms with Crippen molar-refractivity contribution in [3.05, 3.63) is 23.9 Å². The molecule has 0 saturated carbocycles. The summed E-state index contributed by atoms with van der Waals surface area (Å²) in [6.45, 7) is 5.29. The number of amides is 2. The van der Waals surface area contributed by atoms with Crippen LogP contribution in [0.3, 0.4) is 0 Å². The summed E-state index contributed by atoms with van der Waals surface area (Å²) in [5, 5.41) is 0. The van der Waals surface area contributed by atoms with Crippen molar-refractivity contribution in [1.82, 2.24) is 14.8 Å². The molecule has 0 radical (unpaired) electrons. The molecule has 1 aromatic heterocycles. The second kappa shape index (κ2) is 8.59. The lowest BCUT2D eigenvalue weighted by Crippen LogP contribution is -2.57. The van der Waals surface area contributed by atoms with Gasteiger partial charge in [0.1, 0.15) is 12.4 Å². The first-order valence-corrected chi connectivity index (χ1v) is 10.5. The summed E-state index contributed by atoms with van der Waals surface area (Å²) in [6.07, 6.45) is 2.78. The summed E-state index contributed by atoms with van der Waals surface area (Å²) in [5.74, 6) is -0.129. The van der Waals surface area contributed by atoms with Crippen LogP contribution in [0.15, 0.2) is 18.3 Å². The Balaban J connectivity index is 1.46. The van der Waals surface area contributed by atoms with Crippen LogP contribution in [-0.2, 0) is 19.1 Å². The largest absolute Gasteiger partial charge is 0.469 e. The first-order valence-electron chi connectivity index (χ1n) is 10.5. The summed E-state index contributed by atoms with van der Waals surface area (Å²) in [5.41, 5.74) is 0.461. The maximum atomic E-state index is 13.0. The molecule has 9 nitrogen and oxygen atoms in total. The average molecular weight is 416 g/mol. The van der Waals surface area contributed by atoms with E-state index in [4.69, 9.17) is 9.47 Å². The Hall–Kier alpha value is -2.68. The van der Waals surface area contributed by atoms with Crippen molar-refractivity contribution in [2.45, 2.75) is 31.8 Å². The van der Waals surface area contributed by atoms with Gasteiger partial charge in [0.05, 0.1) is 37.8 Å². The fraction of sp³-hybridized carbons (Fsp3) is 0.619. The predicted molar refractivity (Wildman–Crippen MR) is 108 cm³/mol. The number of ether oxygens (including phenoxy) is 2. The zero-order valence-corrected chi connectivity index (χ0v) is 17.5. The first kappa shape index (κ1) is 20.6. The molecule has 3 aliphatic rings. The fourth-order valence-electron chi connectivity index (χ4n) is 4.86. The van der Waals surface area contributed by atoms with Crippen LogP contribution in [0, 0.1) is 5.92 Å². The summed E-state index contributed by atoms with van der Waals surface area (Å²) in [4.78, 5) is 48.0. The van der Waals surface area contributed by atoms with Crippen molar-refractivity contribution in [2.75, 3.05) is 51.4 Å². The standard InChI is InChI=1S/C21H28N4O5/c1-3-17-16(21(28)29-2)10-15-12-24(13-19(26)25(15)17)20(27)14-4-5-18(22-11-14)23-6-8-30-9-7-23/h4-5,11,15-17H,3,6-10,12-13H2,1-2H3/t15-,16-,17-/m0/s1. The van der Waals surface area contributed by atoms with E-state index in [9.17, 15) is 14.4 Å². The summed E-state index contributed by atoms with van der Waals surface area (Å²) in [7, 11) is 1.37. The minimum atomic E-state index is -0.335. The number of anilines is 1. The molecule has 3 saturated heterocycles. The molecular weight excluding hydrogens is 388 g/mol. The molecule has 1 aromatic rings. The lowest BCUT2D eigenvalue weighted by molar-refractivity contribution is -0.147. The van der Waals surface area contributed by atoms with Crippen LogP contribution >= 0.6 is 0 Å². The smallest absolute Gasteiger partial charge is 0.310 e. The Labute approximate surface area is 175 Å². The van der Waals surface area contributed by atoms with Gasteiger partial charge in [-0.1, -0.05) is 6.92 Å². The number of carbonyl (C=O) groups excluding carboxylic acids is 3. The van der Waals surface area contributed by atoms with Crippen LogP contribution in [-0.4, -0.2) is 91.2 Å². The molecule has 3 atom stereocenters. The second-order valence-electron chi connectivity index (χ2n) is 7.99. The van der Waals surface area contributed by atoms with E-state index < -0.39 is 0 Å². The van der Waals surface area contributed by atoms with E-state index in [2.05, 4.69) is 9.88 Å². The van der Waals surface area contributed by atoms with Gasteiger partial charge in [0.25, 0.3) is 5.91 Å². The molecule has 4 heterocycles. The molecule has 4 rings (SSSR count). The van der Waals surface area contributed by atoms with E-state index >= 15 is 0 Å². The van der Waals surface area contributed by atoms with Gasteiger partial charge >= 0.3 is 5.97 Å². The number of pyridine rings is 1. The van der Waals surface area contributed by atoms with Gasteiger partial charge in [-0.3, -0.25) is 14.4 Å². The van der Waals surface area contributed by atoms with Gasteiger partial charge in [-0.15, -0.1) is 0 Å². The van der Waals surface area contributed by atoms with E-state index in [1.165, 1.54) is 7.11 Å². The van der Waals surface area contributed by atoms with Crippen LogP contribution in [0.2, 0.25) is 0 Å². The van der Waals surface area contributed by atoms with Gasteiger partial charge in [-0.2, -0.15) is 0 Å². The number of esters is 1. The maximum absolute atomic E-state index is 13.0. The molecule has 2 amide bonds. The Kier molecular flexibility index (Phi) is 5.90. The van der Waals surface area contributed by atoms with Crippen molar-refractivity contribution in [2.24, 2.45) is 5.92 Å². The fourth-order valence-corrected chi connectivity index (χ4v) is 4.86. The molecule has 0 spiro atoms. The monoisotopic (exact) mass is 416 g/mol. The molecular formula is C21H28N4O5. The highest BCUT2D eigenvalue weighted by Gasteiger charge is 2.49. The van der Waals surface area contributed by atoms with Crippen molar-refractivity contribution >= 4 is 23.6 Å². The van der Waals surface area contributed by atoms with Gasteiger partial charge in [0.15, 0.2) is 0 Å². The number of aromatic nitrogens is 1. The highest BCUT2D eigenvalue weighted by Crippen LogP contribution is 2.35. The normalized spacial score (nSPS) is 26.5. The summed E-state index contributed by atoms with van der Waals surface area (Å²) < 4.78 is 10.3. The van der Waals surface area contributed by atoms with Gasteiger partial charge in [-0.05, 0) is 25.0 Å². The molecule has 0 aliphatic carbocycles. The minimum absolute atomic E-state index is 0.0188. The lowest BCUT2D eigenvalue weighted by atomic mass is 9.97. The number of rotatable bonds is 4. The van der Waals surface area contributed by atoms with Crippen molar-refractivity contribution in [1.29, 1.82) is 0 Å². The topological polar surface area (TPSA) is 92.3 Å². The summed E-state index contributed by atoms with van der Waals surface area (Å²) in [6, 6.07) is 3.27. The van der Waals surface area contributed by atoms with Crippen LogP contribution in [0.4, 0.5) is 5.82 Å². The van der Waals surface area contributed by atoms with Crippen molar-refractivity contribution in [3.8, 4) is 0 Å². The van der Waals surface area contributed by atoms with E-state index in [1.54, 1.807) is 22.1 Å². The number of piperazine rings is 1. The third-order valence-corrected chi connectivity index (χ3v) is 6.33. The average Bonchev–Trinajstić information content (AvgIpc) is 3.18. The third kappa shape index (κ3) is 3.74. The Morgan fingerprint density at radius 2 is 2.03 bits per heavy atom. The van der Waals surface area contributed by atoms with Crippen LogP contribution in [0.25, 0.3) is 0 Å². The molecule has 162 valence electrons. The molecule has 3 fully saturated rings. The van der Waals surface area contributed by atoms with Gasteiger partial charge in [0.2, 0.25) is 5.91 Å². The first-order chi connectivity index (χ1) is 14.5. The highest BCUT2D eigenvalue weighted by molar-refractivity contribution is 5.97. The van der Waals surface area contributed by atoms with Gasteiger partial charge in [0, 0.05) is 31.9 Å². The Bertz CT molecular complexity index is 808. The molecule has 0 aromatic carbocycles. The highest BCUT2D eigenvalue weighted by atomic mass is 16.5. The summed E-state index contributed by atoms with van der Waals surface area (Å²) >= 11 is 0. The van der Waals surface area contributed by atoms with E-state index in [0.29, 0.717) is 38.2 Å². The van der Waals surface area contributed by atoms with E-state index in [-0.39, 0.29) is 42.3 Å². The molecule has 0 N–H and O–H groups in total. The number of hydrogen-bond acceptors (Lipinski definition) is 7. The number of nitrogens with zero attached hydrogens (tertiary/aromatic N) is 4. The van der Waals surface area contributed by atoms with Gasteiger partial charge < -0.3 is 24.2 Å². The van der Waals surface area contributed by atoms with Crippen LogP contribution < -0.4 is 4.90 Å². The molecule has 0 unspecified atom stereocenters. The van der Waals surface area contributed by atoms with Crippen molar-refractivity contribution in [3.63, 3.8) is 0 Å². The second-order valence-corrected chi connectivity index (χ2v) is 7.99. The van der Waals surface area contributed by atoms with Crippen LogP contribution in [0.1, 0.15) is 30.1 Å².